The Morgan fingerprint density at radius 1 is 1.12 bits per heavy atom. The quantitative estimate of drug-likeness (QED) is 0.459. The molecule has 0 unspecified atom stereocenters. The molecule has 0 aromatic heterocycles. The van der Waals surface area contributed by atoms with Gasteiger partial charge in [0, 0.05) is 13.6 Å². The molecule has 0 bridgehead atoms. The van der Waals surface area contributed by atoms with Crippen molar-refractivity contribution in [1.82, 2.24) is 10.6 Å². The normalized spacial score (nSPS) is 11.0. The SMILES string of the molecule is CN=C(NCCOc1ccccc1Cl)NCc1cccc(OC)c1. The Balaban J connectivity index is 1.73. The minimum absolute atomic E-state index is 0.490. The van der Waals surface area contributed by atoms with Gasteiger partial charge in [0.05, 0.1) is 18.7 Å². The molecule has 2 rings (SSSR count). The Hall–Kier alpha value is -2.40. The molecule has 0 atom stereocenters. The number of ether oxygens (including phenoxy) is 2. The van der Waals surface area contributed by atoms with E-state index >= 15 is 0 Å². The van der Waals surface area contributed by atoms with E-state index in [4.69, 9.17) is 21.1 Å². The molecule has 0 aliphatic heterocycles. The van der Waals surface area contributed by atoms with E-state index in [-0.39, 0.29) is 0 Å². The van der Waals surface area contributed by atoms with Gasteiger partial charge in [-0.2, -0.15) is 0 Å². The summed E-state index contributed by atoms with van der Waals surface area (Å²) in [6.45, 7) is 1.76. The first kappa shape index (κ1) is 17.9. The molecule has 0 aliphatic rings. The number of aliphatic imine (C=N–C) groups is 1. The van der Waals surface area contributed by atoms with Crippen molar-refractivity contribution in [3.05, 3.63) is 59.1 Å². The summed E-state index contributed by atoms with van der Waals surface area (Å²) >= 11 is 6.04. The lowest BCUT2D eigenvalue weighted by Gasteiger charge is -2.13. The molecule has 0 aliphatic carbocycles. The first-order valence-corrected chi connectivity index (χ1v) is 8.05. The van der Waals surface area contributed by atoms with Crippen molar-refractivity contribution in [2.75, 3.05) is 27.3 Å². The lowest BCUT2D eigenvalue weighted by molar-refractivity contribution is 0.322. The third-order valence-electron chi connectivity index (χ3n) is 3.31. The summed E-state index contributed by atoms with van der Waals surface area (Å²) in [5.74, 6) is 2.23. The molecule has 5 nitrogen and oxygen atoms in total. The summed E-state index contributed by atoms with van der Waals surface area (Å²) < 4.78 is 10.8. The number of methoxy groups -OCH3 is 1. The zero-order chi connectivity index (χ0) is 17.2. The Morgan fingerprint density at radius 2 is 1.96 bits per heavy atom. The number of hydrogen-bond acceptors (Lipinski definition) is 3. The number of nitrogens with one attached hydrogen (secondary N) is 2. The number of rotatable bonds is 7. The maximum atomic E-state index is 6.04. The fourth-order valence-electron chi connectivity index (χ4n) is 2.08. The standard InChI is InChI=1S/C18H22ClN3O2/c1-20-18(22-13-14-6-5-7-15(12-14)23-2)21-10-11-24-17-9-4-3-8-16(17)19/h3-9,12H,10-11,13H2,1-2H3,(H2,20,21,22). The number of para-hydroxylation sites is 1. The highest BCUT2D eigenvalue weighted by Gasteiger charge is 2.01. The van der Waals surface area contributed by atoms with Crippen LogP contribution < -0.4 is 20.1 Å². The van der Waals surface area contributed by atoms with E-state index in [1.807, 2.05) is 42.5 Å². The Bertz CT molecular complexity index is 677. The van der Waals surface area contributed by atoms with Crippen LogP contribution in [0.2, 0.25) is 5.02 Å². The second-order valence-corrected chi connectivity index (χ2v) is 5.39. The van der Waals surface area contributed by atoms with E-state index in [0.29, 0.717) is 36.4 Å². The van der Waals surface area contributed by atoms with Crippen LogP contribution in [0.3, 0.4) is 0 Å². The number of hydrogen-bond donors (Lipinski definition) is 2. The molecule has 0 saturated carbocycles. The molecule has 0 radical (unpaired) electrons. The summed E-state index contributed by atoms with van der Waals surface area (Å²) in [5, 5.41) is 7.06. The topological polar surface area (TPSA) is 54.9 Å². The smallest absolute Gasteiger partial charge is 0.191 e. The molecule has 0 amide bonds. The molecule has 6 heteroatoms. The van der Waals surface area contributed by atoms with Crippen molar-refractivity contribution in [2.24, 2.45) is 4.99 Å². The van der Waals surface area contributed by atoms with Crippen LogP contribution in [-0.4, -0.2) is 33.3 Å². The number of nitrogens with zero attached hydrogens (tertiary/aromatic N) is 1. The Kier molecular flexibility index (Phi) is 7.23. The van der Waals surface area contributed by atoms with Crippen molar-refractivity contribution < 1.29 is 9.47 Å². The van der Waals surface area contributed by atoms with Crippen molar-refractivity contribution in [1.29, 1.82) is 0 Å². The third-order valence-corrected chi connectivity index (χ3v) is 3.62. The van der Waals surface area contributed by atoms with Crippen LogP contribution in [0.15, 0.2) is 53.5 Å². The summed E-state index contributed by atoms with van der Waals surface area (Å²) in [7, 11) is 3.39. The van der Waals surface area contributed by atoms with Crippen LogP contribution in [0.4, 0.5) is 0 Å². The van der Waals surface area contributed by atoms with E-state index in [0.717, 1.165) is 11.3 Å². The van der Waals surface area contributed by atoms with Gasteiger partial charge >= 0.3 is 0 Å². The van der Waals surface area contributed by atoms with Gasteiger partial charge in [-0.1, -0.05) is 35.9 Å². The van der Waals surface area contributed by atoms with Crippen LogP contribution in [0.5, 0.6) is 11.5 Å². The average molecular weight is 348 g/mol. The van der Waals surface area contributed by atoms with Gasteiger partial charge in [0.2, 0.25) is 0 Å². The van der Waals surface area contributed by atoms with Gasteiger partial charge in [0.25, 0.3) is 0 Å². The molecular formula is C18H22ClN3O2. The van der Waals surface area contributed by atoms with E-state index in [2.05, 4.69) is 15.6 Å². The number of guanidine groups is 1. The highest BCUT2D eigenvalue weighted by atomic mass is 35.5. The first-order valence-electron chi connectivity index (χ1n) is 7.67. The largest absolute Gasteiger partial charge is 0.497 e. The zero-order valence-electron chi connectivity index (χ0n) is 13.9. The highest BCUT2D eigenvalue weighted by Crippen LogP contribution is 2.22. The molecular weight excluding hydrogens is 326 g/mol. The molecule has 0 heterocycles. The van der Waals surface area contributed by atoms with E-state index in [1.165, 1.54) is 0 Å². The van der Waals surface area contributed by atoms with Gasteiger partial charge in [-0.25, -0.2) is 0 Å². The molecule has 0 spiro atoms. The lowest BCUT2D eigenvalue weighted by atomic mass is 10.2. The van der Waals surface area contributed by atoms with Gasteiger partial charge < -0.3 is 20.1 Å². The van der Waals surface area contributed by atoms with Crippen molar-refractivity contribution in [3.8, 4) is 11.5 Å². The van der Waals surface area contributed by atoms with E-state index < -0.39 is 0 Å². The number of benzene rings is 2. The third kappa shape index (κ3) is 5.66. The minimum atomic E-state index is 0.490. The van der Waals surface area contributed by atoms with Gasteiger partial charge in [-0.05, 0) is 29.8 Å². The summed E-state index contributed by atoms with van der Waals surface area (Å²) in [6.07, 6.45) is 0. The van der Waals surface area contributed by atoms with Gasteiger partial charge in [0.15, 0.2) is 5.96 Å². The average Bonchev–Trinajstić information content (AvgIpc) is 2.62. The van der Waals surface area contributed by atoms with Gasteiger partial charge in [0.1, 0.15) is 18.1 Å². The zero-order valence-corrected chi connectivity index (χ0v) is 14.6. The van der Waals surface area contributed by atoms with Gasteiger partial charge in [-0.15, -0.1) is 0 Å². The van der Waals surface area contributed by atoms with Crippen LogP contribution >= 0.6 is 11.6 Å². The second-order valence-electron chi connectivity index (χ2n) is 4.98. The maximum absolute atomic E-state index is 6.04. The molecule has 2 aromatic carbocycles. The van der Waals surface area contributed by atoms with Crippen molar-refractivity contribution in [2.45, 2.75) is 6.54 Å². The maximum Gasteiger partial charge on any atom is 0.191 e. The fourth-order valence-corrected chi connectivity index (χ4v) is 2.27. The monoisotopic (exact) mass is 347 g/mol. The van der Waals surface area contributed by atoms with Crippen LogP contribution in [-0.2, 0) is 6.54 Å². The Morgan fingerprint density at radius 3 is 2.71 bits per heavy atom. The van der Waals surface area contributed by atoms with Crippen molar-refractivity contribution >= 4 is 17.6 Å². The lowest BCUT2D eigenvalue weighted by Crippen LogP contribution is -2.38. The highest BCUT2D eigenvalue weighted by molar-refractivity contribution is 6.32. The predicted molar refractivity (Wildman–Crippen MR) is 98.1 cm³/mol. The predicted octanol–water partition coefficient (Wildman–Crippen LogP) is 3.09. The molecule has 0 fully saturated rings. The fraction of sp³-hybridized carbons (Fsp3) is 0.278. The molecule has 2 N–H and O–H groups in total. The van der Waals surface area contributed by atoms with Crippen LogP contribution in [0, 0.1) is 0 Å². The van der Waals surface area contributed by atoms with Crippen LogP contribution in [0.1, 0.15) is 5.56 Å². The van der Waals surface area contributed by atoms with Crippen LogP contribution in [0.25, 0.3) is 0 Å². The van der Waals surface area contributed by atoms with E-state index in [1.54, 1.807) is 20.2 Å². The minimum Gasteiger partial charge on any atom is -0.497 e. The molecule has 128 valence electrons. The first-order chi connectivity index (χ1) is 11.7. The molecule has 24 heavy (non-hydrogen) atoms. The second kappa shape index (κ2) is 9.67. The summed E-state index contributed by atoms with van der Waals surface area (Å²) in [4.78, 5) is 4.19. The summed E-state index contributed by atoms with van der Waals surface area (Å²) in [6, 6.07) is 15.3. The summed E-state index contributed by atoms with van der Waals surface area (Å²) in [5.41, 5.74) is 1.12. The van der Waals surface area contributed by atoms with Gasteiger partial charge in [-0.3, -0.25) is 4.99 Å². The molecule has 2 aromatic rings. The molecule has 0 saturated heterocycles. The Labute approximate surface area is 147 Å². The van der Waals surface area contributed by atoms with Crippen molar-refractivity contribution in [3.63, 3.8) is 0 Å². The number of halogens is 1. The van der Waals surface area contributed by atoms with E-state index in [9.17, 15) is 0 Å².